The van der Waals surface area contributed by atoms with E-state index in [0.29, 0.717) is 6.61 Å². The van der Waals surface area contributed by atoms with E-state index in [4.69, 9.17) is 16.3 Å². The Labute approximate surface area is 132 Å². The summed E-state index contributed by atoms with van der Waals surface area (Å²) in [6.07, 6.45) is 0. The number of halogens is 1. The topological polar surface area (TPSA) is 21.3 Å². The summed E-state index contributed by atoms with van der Waals surface area (Å²) in [6, 6.07) is 12.4. The van der Waals surface area contributed by atoms with E-state index in [1.807, 2.05) is 32.2 Å². The first kappa shape index (κ1) is 15.9. The summed E-state index contributed by atoms with van der Waals surface area (Å²) in [6.45, 7) is 6.82. The molecule has 0 heterocycles. The van der Waals surface area contributed by atoms with E-state index >= 15 is 0 Å². The lowest BCUT2D eigenvalue weighted by Crippen LogP contribution is -2.23. The number of rotatable bonds is 5. The molecule has 2 rings (SSSR count). The third-order valence-corrected chi connectivity index (χ3v) is 4.25. The number of likely N-dealkylation sites (N-methyl/N-ethyl adjacent to an activating group) is 1. The van der Waals surface area contributed by atoms with Gasteiger partial charge in [-0.1, -0.05) is 29.8 Å². The van der Waals surface area contributed by atoms with Crippen LogP contribution in [-0.4, -0.2) is 13.7 Å². The average molecular weight is 304 g/mol. The minimum absolute atomic E-state index is 0.167. The van der Waals surface area contributed by atoms with Crippen molar-refractivity contribution in [1.82, 2.24) is 5.32 Å². The Hall–Kier alpha value is -1.51. The molecule has 1 atom stereocenters. The van der Waals surface area contributed by atoms with Gasteiger partial charge in [0.15, 0.2) is 0 Å². The van der Waals surface area contributed by atoms with Crippen LogP contribution in [0.1, 0.15) is 28.3 Å². The molecule has 0 saturated heterocycles. The lowest BCUT2D eigenvalue weighted by molar-refractivity contribution is 0.273. The summed E-state index contributed by atoms with van der Waals surface area (Å²) in [5.41, 5.74) is 4.88. The lowest BCUT2D eigenvalue weighted by Gasteiger charge is -2.19. The summed E-state index contributed by atoms with van der Waals surface area (Å²) in [5.74, 6) is 0.848. The third-order valence-electron chi connectivity index (χ3n) is 3.83. The normalized spacial score (nSPS) is 12.2. The van der Waals surface area contributed by atoms with Gasteiger partial charge in [-0.25, -0.2) is 0 Å². The molecule has 0 fully saturated rings. The highest BCUT2D eigenvalue weighted by Gasteiger charge is 2.11. The molecule has 0 amide bonds. The van der Waals surface area contributed by atoms with Crippen molar-refractivity contribution in [2.75, 3.05) is 13.7 Å². The van der Waals surface area contributed by atoms with Crippen LogP contribution in [0.5, 0.6) is 5.75 Å². The zero-order valence-electron chi connectivity index (χ0n) is 13.0. The first-order valence-corrected chi connectivity index (χ1v) is 7.52. The molecule has 0 aromatic heterocycles. The van der Waals surface area contributed by atoms with Crippen LogP contribution in [0.2, 0.25) is 5.02 Å². The monoisotopic (exact) mass is 303 g/mol. The quantitative estimate of drug-likeness (QED) is 0.871. The van der Waals surface area contributed by atoms with Crippen molar-refractivity contribution in [2.45, 2.75) is 26.8 Å². The van der Waals surface area contributed by atoms with Gasteiger partial charge in [-0.15, -0.1) is 0 Å². The molecular formula is C18H22ClNO. The van der Waals surface area contributed by atoms with E-state index in [9.17, 15) is 0 Å². The van der Waals surface area contributed by atoms with Gasteiger partial charge in [0.2, 0.25) is 0 Å². The predicted molar refractivity (Wildman–Crippen MR) is 89.4 cm³/mol. The zero-order chi connectivity index (χ0) is 15.4. The smallest absolute Gasteiger partial charge is 0.119 e. The van der Waals surface area contributed by atoms with Crippen molar-refractivity contribution in [3.05, 3.63) is 63.7 Å². The first-order valence-electron chi connectivity index (χ1n) is 7.14. The standard InChI is InChI=1S/C18H22ClNO/c1-12-5-6-15(9-13(12)2)18(20-4)11-21-16-7-8-17(19)14(3)10-16/h5-10,18,20H,11H2,1-4H3. The third kappa shape index (κ3) is 3.99. The average Bonchev–Trinajstić information content (AvgIpc) is 2.47. The van der Waals surface area contributed by atoms with Crippen molar-refractivity contribution in [1.29, 1.82) is 0 Å². The number of hydrogen-bond donors (Lipinski definition) is 1. The molecule has 2 aromatic carbocycles. The number of benzene rings is 2. The van der Waals surface area contributed by atoms with Crippen LogP contribution in [0.3, 0.4) is 0 Å². The molecule has 0 aliphatic heterocycles. The van der Waals surface area contributed by atoms with E-state index in [2.05, 4.69) is 37.4 Å². The fourth-order valence-electron chi connectivity index (χ4n) is 2.21. The van der Waals surface area contributed by atoms with E-state index in [1.54, 1.807) is 0 Å². The van der Waals surface area contributed by atoms with Gasteiger partial charge >= 0.3 is 0 Å². The maximum absolute atomic E-state index is 6.03. The molecule has 21 heavy (non-hydrogen) atoms. The van der Waals surface area contributed by atoms with Crippen LogP contribution in [-0.2, 0) is 0 Å². The Morgan fingerprint density at radius 2 is 1.76 bits per heavy atom. The Balaban J connectivity index is 2.08. The Bertz CT molecular complexity index is 625. The van der Waals surface area contributed by atoms with Crippen LogP contribution in [0.15, 0.2) is 36.4 Å². The van der Waals surface area contributed by atoms with Crippen molar-refractivity contribution in [2.24, 2.45) is 0 Å². The fraction of sp³-hybridized carbons (Fsp3) is 0.333. The molecule has 0 aliphatic rings. The molecular weight excluding hydrogens is 282 g/mol. The molecule has 0 aliphatic carbocycles. The highest BCUT2D eigenvalue weighted by atomic mass is 35.5. The van der Waals surface area contributed by atoms with Crippen molar-refractivity contribution in [3.8, 4) is 5.75 Å². The summed E-state index contributed by atoms with van der Waals surface area (Å²) < 4.78 is 5.90. The first-order chi connectivity index (χ1) is 10.0. The second-order valence-corrected chi connectivity index (χ2v) is 5.81. The van der Waals surface area contributed by atoms with Gasteiger partial charge in [0, 0.05) is 5.02 Å². The largest absolute Gasteiger partial charge is 0.492 e. The molecule has 1 unspecified atom stereocenters. The Morgan fingerprint density at radius 3 is 2.38 bits per heavy atom. The fourth-order valence-corrected chi connectivity index (χ4v) is 2.33. The van der Waals surface area contributed by atoms with E-state index in [1.165, 1.54) is 16.7 Å². The van der Waals surface area contributed by atoms with Crippen LogP contribution in [0, 0.1) is 20.8 Å². The van der Waals surface area contributed by atoms with Gasteiger partial charge in [0.25, 0.3) is 0 Å². The van der Waals surface area contributed by atoms with E-state index in [0.717, 1.165) is 16.3 Å². The SMILES string of the molecule is CNC(COc1ccc(Cl)c(C)c1)c1ccc(C)c(C)c1. The van der Waals surface area contributed by atoms with Gasteiger partial charge in [-0.2, -0.15) is 0 Å². The molecule has 0 bridgehead atoms. The molecule has 0 saturated carbocycles. The molecule has 3 heteroatoms. The number of hydrogen-bond acceptors (Lipinski definition) is 2. The second-order valence-electron chi connectivity index (χ2n) is 5.41. The van der Waals surface area contributed by atoms with E-state index in [-0.39, 0.29) is 6.04 Å². The minimum atomic E-state index is 0.167. The van der Waals surface area contributed by atoms with Crippen molar-refractivity contribution >= 4 is 11.6 Å². The highest BCUT2D eigenvalue weighted by Crippen LogP contribution is 2.23. The number of aryl methyl sites for hydroxylation is 3. The molecule has 2 aromatic rings. The van der Waals surface area contributed by atoms with Gasteiger partial charge in [0.05, 0.1) is 6.04 Å². The van der Waals surface area contributed by atoms with Crippen LogP contribution < -0.4 is 10.1 Å². The van der Waals surface area contributed by atoms with Crippen LogP contribution in [0.4, 0.5) is 0 Å². The second kappa shape index (κ2) is 6.97. The van der Waals surface area contributed by atoms with Gasteiger partial charge < -0.3 is 10.1 Å². The maximum atomic E-state index is 6.03. The van der Waals surface area contributed by atoms with Crippen molar-refractivity contribution in [3.63, 3.8) is 0 Å². The molecule has 2 nitrogen and oxygen atoms in total. The van der Waals surface area contributed by atoms with Crippen LogP contribution >= 0.6 is 11.6 Å². The van der Waals surface area contributed by atoms with Crippen molar-refractivity contribution < 1.29 is 4.74 Å². The maximum Gasteiger partial charge on any atom is 0.119 e. The summed E-state index contributed by atoms with van der Waals surface area (Å²) >= 11 is 6.03. The summed E-state index contributed by atoms with van der Waals surface area (Å²) in [4.78, 5) is 0. The number of nitrogens with one attached hydrogen (secondary N) is 1. The van der Waals surface area contributed by atoms with Gasteiger partial charge in [-0.05, 0) is 68.3 Å². The Morgan fingerprint density at radius 1 is 1.00 bits per heavy atom. The van der Waals surface area contributed by atoms with E-state index < -0.39 is 0 Å². The molecule has 1 N–H and O–H groups in total. The molecule has 0 radical (unpaired) electrons. The predicted octanol–water partition coefficient (Wildman–Crippen LogP) is 4.60. The van der Waals surface area contributed by atoms with Crippen LogP contribution in [0.25, 0.3) is 0 Å². The summed E-state index contributed by atoms with van der Waals surface area (Å²) in [7, 11) is 1.95. The summed E-state index contributed by atoms with van der Waals surface area (Å²) in [5, 5.41) is 4.08. The minimum Gasteiger partial charge on any atom is -0.492 e. The molecule has 112 valence electrons. The lowest BCUT2D eigenvalue weighted by atomic mass is 10.0. The highest BCUT2D eigenvalue weighted by molar-refractivity contribution is 6.31. The zero-order valence-corrected chi connectivity index (χ0v) is 13.8. The number of ether oxygens (including phenoxy) is 1. The van der Waals surface area contributed by atoms with Gasteiger partial charge in [-0.3, -0.25) is 0 Å². The molecule has 0 spiro atoms. The van der Waals surface area contributed by atoms with Gasteiger partial charge in [0.1, 0.15) is 12.4 Å². The Kier molecular flexibility index (Phi) is 5.27.